The minimum Gasteiger partial charge on any atom is -0.358 e. The number of rotatable bonds is 4. The van der Waals surface area contributed by atoms with Gasteiger partial charge in [0.15, 0.2) is 0 Å². The van der Waals surface area contributed by atoms with E-state index in [1.54, 1.807) is 24.3 Å². The quantitative estimate of drug-likeness (QED) is 0.658. The molecule has 4 rings (SSSR count). The maximum absolute atomic E-state index is 12.9. The standard InChI is InChI=1S/C23H27N3O3S/c1-15-4-9-21-20(14-15)16(2)22(24-21)17-10-12-26(13-11-17)23(27)18-5-7-19(8-6-18)25-30(3,28)29/h4-9,14,17,24-25H,10-13H2,1-3H3. The summed E-state index contributed by atoms with van der Waals surface area (Å²) in [5, 5.41) is 1.28. The number of fused-ring (bicyclic) bond motifs is 1. The van der Waals surface area contributed by atoms with Gasteiger partial charge < -0.3 is 9.88 Å². The molecule has 0 bridgehead atoms. The fraction of sp³-hybridized carbons (Fsp3) is 0.348. The van der Waals surface area contributed by atoms with Gasteiger partial charge in [-0.2, -0.15) is 0 Å². The van der Waals surface area contributed by atoms with Crippen LogP contribution in [0.4, 0.5) is 5.69 Å². The van der Waals surface area contributed by atoms with Crippen LogP contribution in [0.5, 0.6) is 0 Å². The number of amides is 1. The maximum atomic E-state index is 12.9. The fourth-order valence-corrected chi connectivity index (χ4v) is 4.88. The van der Waals surface area contributed by atoms with Crippen molar-refractivity contribution in [1.82, 2.24) is 9.88 Å². The van der Waals surface area contributed by atoms with Crippen LogP contribution in [0.15, 0.2) is 42.5 Å². The molecule has 1 fully saturated rings. The van der Waals surface area contributed by atoms with Crippen molar-refractivity contribution in [3.8, 4) is 0 Å². The van der Waals surface area contributed by atoms with Crippen LogP contribution in [0.1, 0.15) is 45.9 Å². The minimum absolute atomic E-state index is 0.0108. The number of piperidine rings is 1. The lowest BCUT2D eigenvalue weighted by molar-refractivity contribution is 0.0712. The molecule has 1 aliphatic heterocycles. The molecule has 1 amide bonds. The molecule has 0 radical (unpaired) electrons. The largest absolute Gasteiger partial charge is 0.358 e. The Bertz CT molecular complexity index is 1190. The molecule has 7 heteroatoms. The summed E-state index contributed by atoms with van der Waals surface area (Å²) in [6.45, 7) is 5.71. The van der Waals surface area contributed by atoms with Crippen LogP contribution in [0.2, 0.25) is 0 Å². The van der Waals surface area contributed by atoms with E-state index in [9.17, 15) is 13.2 Å². The van der Waals surface area contributed by atoms with Gasteiger partial charge in [-0.25, -0.2) is 8.42 Å². The number of aromatic nitrogens is 1. The summed E-state index contributed by atoms with van der Waals surface area (Å²) in [7, 11) is -3.33. The number of carbonyl (C=O) groups excluding carboxylic acids is 1. The Morgan fingerprint density at radius 3 is 2.37 bits per heavy atom. The van der Waals surface area contributed by atoms with Gasteiger partial charge in [-0.15, -0.1) is 0 Å². The van der Waals surface area contributed by atoms with Crippen LogP contribution in [-0.2, 0) is 10.0 Å². The molecule has 2 heterocycles. The lowest BCUT2D eigenvalue weighted by atomic mass is 9.91. The highest BCUT2D eigenvalue weighted by atomic mass is 32.2. The molecule has 2 aromatic carbocycles. The van der Waals surface area contributed by atoms with Crippen LogP contribution in [0, 0.1) is 13.8 Å². The third-order valence-electron chi connectivity index (χ3n) is 5.88. The van der Waals surface area contributed by atoms with E-state index >= 15 is 0 Å². The van der Waals surface area contributed by atoms with Gasteiger partial charge in [0.25, 0.3) is 5.91 Å². The van der Waals surface area contributed by atoms with E-state index in [0.29, 0.717) is 30.3 Å². The van der Waals surface area contributed by atoms with Crippen LogP contribution in [-0.4, -0.2) is 43.6 Å². The Balaban J connectivity index is 1.43. The first-order valence-corrected chi connectivity index (χ1v) is 12.1. The molecule has 0 aliphatic carbocycles. The Labute approximate surface area is 177 Å². The highest BCUT2D eigenvalue weighted by Gasteiger charge is 2.27. The molecule has 158 valence electrons. The van der Waals surface area contributed by atoms with Gasteiger partial charge >= 0.3 is 0 Å². The van der Waals surface area contributed by atoms with Gasteiger partial charge in [0, 0.05) is 46.9 Å². The highest BCUT2D eigenvalue weighted by Crippen LogP contribution is 2.34. The number of sulfonamides is 1. The summed E-state index contributed by atoms with van der Waals surface area (Å²) in [5.74, 6) is 0.409. The second kappa shape index (κ2) is 7.80. The molecule has 1 aliphatic rings. The number of likely N-dealkylation sites (tertiary alicyclic amines) is 1. The van der Waals surface area contributed by atoms with Crippen LogP contribution >= 0.6 is 0 Å². The predicted octanol–water partition coefficient (Wildman–Crippen LogP) is 4.18. The third-order valence-corrected chi connectivity index (χ3v) is 6.48. The van der Waals surface area contributed by atoms with E-state index in [4.69, 9.17) is 0 Å². The number of H-pyrrole nitrogens is 1. The van der Waals surface area contributed by atoms with Crippen LogP contribution in [0.3, 0.4) is 0 Å². The number of nitrogens with one attached hydrogen (secondary N) is 2. The summed E-state index contributed by atoms with van der Waals surface area (Å²) in [4.78, 5) is 18.4. The predicted molar refractivity (Wildman–Crippen MR) is 121 cm³/mol. The summed E-state index contributed by atoms with van der Waals surface area (Å²) in [6, 6.07) is 13.1. The lowest BCUT2D eigenvalue weighted by Crippen LogP contribution is -2.38. The molecule has 0 saturated carbocycles. The zero-order valence-corrected chi connectivity index (χ0v) is 18.3. The van der Waals surface area contributed by atoms with Crippen molar-refractivity contribution < 1.29 is 13.2 Å². The summed E-state index contributed by atoms with van der Waals surface area (Å²) < 4.78 is 25.1. The number of benzene rings is 2. The molecule has 0 atom stereocenters. The SMILES string of the molecule is Cc1ccc2[nH]c(C3CCN(C(=O)c4ccc(NS(C)(=O)=O)cc4)CC3)c(C)c2c1. The average Bonchev–Trinajstić information content (AvgIpc) is 3.03. The van der Waals surface area contributed by atoms with Crippen molar-refractivity contribution in [2.24, 2.45) is 0 Å². The minimum atomic E-state index is -3.33. The van der Waals surface area contributed by atoms with Crippen molar-refractivity contribution in [2.75, 3.05) is 24.1 Å². The summed E-state index contributed by atoms with van der Waals surface area (Å²) >= 11 is 0. The number of hydrogen-bond donors (Lipinski definition) is 2. The fourth-order valence-electron chi connectivity index (χ4n) is 4.32. The van der Waals surface area contributed by atoms with Crippen molar-refractivity contribution in [3.63, 3.8) is 0 Å². The number of carbonyl (C=O) groups is 1. The molecule has 30 heavy (non-hydrogen) atoms. The molecule has 0 unspecified atom stereocenters. The number of anilines is 1. The van der Waals surface area contributed by atoms with Crippen molar-refractivity contribution in [3.05, 3.63) is 64.8 Å². The van der Waals surface area contributed by atoms with Crippen LogP contribution in [0.25, 0.3) is 10.9 Å². The van der Waals surface area contributed by atoms with Crippen LogP contribution < -0.4 is 4.72 Å². The maximum Gasteiger partial charge on any atom is 0.253 e. The van der Waals surface area contributed by atoms with Gasteiger partial charge in [0.1, 0.15) is 0 Å². The van der Waals surface area contributed by atoms with E-state index in [1.807, 2.05) is 4.90 Å². The van der Waals surface area contributed by atoms with E-state index < -0.39 is 10.0 Å². The number of aryl methyl sites for hydroxylation is 2. The molecule has 0 spiro atoms. The van der Waals surface area contributed by atoms with Gasteiger partial charge in [0.2, 0.25) is 10.0 Å². The Morgan fingerprint density at radius 2 is 1.73 bits per heavy atom. The van der Waals surface area contributed by atoms with Crippen molar-refractivity contribution in [1.29, 1.82) is 0 Å². The normalized spacial score (nSPS) is 15.5. The smallest absolute Gasteiger partial charge is 0.253 e. The number of hydrogen-bond acceptors (Lipinski definition) is 3. The first-order chi connectivity index (χ1) is 14.2. The molecule has 6 nitrogen and oxygen atoms in total. The van der Waals surface area contributed by atoms with Crippen molar-refractivity contribution in [2.45, 2.75) is 32.6 Å². The third kappa shape index (κ3) is 4.21. The molecule has 1 aromatic heterocycles. The van der Waals surface area contributed by atoms with E-state index in [-0.39, 0.29) is 5.91 Å². The van der Waals surface area contributed by atoms with E-state index in [0.717, 1.165) is 19.1 Å². The second-order valence-corrected chi connectivity index (χ2v) is 9.98. The van der Waals surface area contributed by atoms with E-state index in [1.165, 1.54) is 27.7 Å². The first-order valence-electron chi connectivity index (χ1n) is 10.2. The monoisotopic (exact) mass is 425 g/mol. The average molecular weight is 426 g/mol. The van der Waals surface area contributed by atoms with Gasteiger partial charge in [-0.1, -0.05) is 11.6 Å². The van der Waals surface area contributed by atoms with Gasteiger partial charge in [0.05, 0.1) is 6.26 Å². The number of nitrogens with zero attached hydrogens (tertiary/aromatic N) is 1. The summed E-state index contributed by atoms with van der Waals surface area (Å²) in [5.41, 5.74) is 6.07. The zero-order chi connectivity index (χ0) is 21.5. The Kier molecular flexibility index (Phi) is 5.32. The Hall–Kier alpha value is -2.80. The Morgan fingerprint density at radius 1 is 1.07 bits per heavy atom. The number of aromatic amines is 1. The summed E-state index contributed by atoms with van der Waals surface area (Å²) in [6.07, 6.45) is 2.95. The lowest BCUT2D eigenvalue weighted by Gasteiger charge is -2.32. The van der Waals surface area contributed by atoms with Gasteiger partial charge in [-0.3, -0.25) is 9.52 Å². The second-order valence-electron chi connectivity index (χ2n) is 8.23. The molecule has 2 N–H and O–H groups in total. The molecule has 3 aromatic rings. The van der Waals surface area contributed by atoms with E-state index in [2.05, 4.69) is 41.8 Å². The molecular formula is C23H27N3O3S. The van der Waals surface area contributed by atoms with Crippen molar-refractivity contribution >= 4 is 32.5 Å². The zero-order valence-electron chi connectivity index (χ0n) is 17.5. The van der Waals surface area contributed by atoms with Gasteiger partial charge in [-0.05, 0) is 68.7 Å². The highest BCUT2D eigenvalue weighted by molar-refractivity contribution is 7.92. The first kappa shape index (κ1) is 20.5. The topological polar surface area (TPSA) is 82.3 Å². The molecule has 1 saturated heterocycles. The molecular weight excluding hydrogens is 398 g/mol.